The third-order valence-corrected chi connectivity index (χ3v) is 5.18. The molecule has 31 heavy (non-hydrogen) atoms. The molecule has 0 radical (unpaired) electrons. The topological polar surface area (TPSA) is 106 Å². The van der Waals surface area contributed by atoms with Gasteiger partial charge in [-0.15, -0.1) is 0 Å². The number of aromatic nitrogens is 2. The molecule has 162 valence electrons. The predicted octanol–water partition coefficient (Wildman–Crippen LogP) is 3.04. The number of methoxy groups -OCH3 is 1. The summed E-state index contributed by atoms with van der Waals surface area (Å²) in [7, 11) is 1.61. The Morgan fingerprint density at radius 2 is 2.19 bits per heavy atom. The normalized spacial score (nSPS) is 15.0. The van der Waals surface area contributed by atoms with Crippen molar-refractivity contribution in [1.29, 1.82) is 0 Å². The first-order valence-corrected chi connectivity index (χ1v) is 10.2. The number of nitrogens with one attached hydrogen (secondary N) is 2. The molecule has 0 fully saturated rings. The zero-order valence-corrected chi connectivity index (χ0v) is 17.3. The van der Waals surface area contributed by atoms with E-state index in [1.165, 1.54) is 0 Å². The number of amides is 1. The molecule has 0 unspecified atom stereocenters. The van der Waals surface area contributed by atoms with E-state index >= 15 is 0 Å². The molecule has 3 N–H and O–H groups in total. The van der Waals surface area contributed by atoms with Gasteiger partial charge < -0.3 is 24.6 Å². The lowest BCUT2D eigenvalue weighted by atomic mass is 9.95. The maximum absolute atomic E-state index is 13.0. The lowest BCUT2D eigenvalue weighted by Crippen LogP contribution is -2.32. The summed E-state index contributed by atoms with van der Waals surface area (Å²) in [6, 6.07) is 11.2. The van der Waals surface area contributed by atoms with Gasteiger partial charge in [0.25, 0.3) is 0 Å². The van der Waals surface area contributed by atoms with E-state index in [2.05, 4.69) is 15.5 Å². The highest BCUT2D eigenvalue weighted by atomic mass is 16.5. The first-order chi connectivity index (χ1) is 15.2. The summed E-state index contributed by atoms with van der Waals surface area (Å²) < 4.78 is 16.9. The van der Waals surface area contributed by atoms with Gasteiger partial charge in [0.1, 0.15) is 23.9 Å². The van der Waals surface area contributed by atoms with Crippen LogP contribution in [-0.4, -0.2) is 48.1 Å². The third kappa shape index (κ3) is 4.80. The first-order valence-electron chi connectivity index (χ1n) is 10.2. The van der Waals surface area contributed by atoms with Crippen LogP contribution < -0.4 is 19.5 Å². The van der Waals surface area contributed by atoms with Gasteiger partial charge >= 0.3 is 0 Å². The van der Waals surface area contributed by atoms with Crippen molar-refractivity contribution >= 4 is 11.6 Å². The van der Waals surface area contributed by atoms with Gasteiger partial charge in [0.05, 0.1) is 31.5 Å². The van der Waals surface area contributed by atoms with E-state index in [0.717, 1.165) is 28.2 Å². The van der Waals surface area contributed by atoms with Crippen molar-refractivity contribution in [3.8, 4) is 28.4 Å². The minimum atomic E-state index is -0.335. The van der Waals surface area contributed by atoms with Crippen LogP contribution >= 0.6 is 0 Å². The van der Waals surface area contributed by atoms with Crippen molar-refractivity contribution in [2.24, 2.45) is 5.92 Å². The Morgan fingerprint density at radius 3 is 2.97 bits per heavy atom. The Hall–Kier alpha value is -3.52. The number of ether oxygens (including phenoxy) is 3. The molecule has 1 aromatic heterocycles. The Bertz CT molecular complexity index is 1040. The Labute approximate surface area is 180 Å². The predicted molar refractivity (Wildman–Crippen MR) is 116 cm³/mol. The number of fused-ring (bicyclic) bond motifs is 1. The average Bonchev–Trinajstić information content (AvgIpc) is 3.34. The van der Waals surface area contributed by atoms with E-state index < -0.39 is 0 Å². The number of aliphatic hydroxyl groups excluding tert-OH is 1. The Morgan fingerprint density at radius 1 is 1.29 bits per heavy atom. The van der Waals surface area contributed by atoms with Crippen LogP contribution in [0.4, 0.5) is 5.69 Å². The molecule has 3 aromatic rings. The lowest BCUT2D eigenvalue weighted by Gasteiger charge is -2.25. The second-order valence-corrected chi connectivity index (χ2v) is 7.30. The van der Waals surface area contributed by atoms with Crippen LogP contribution in [-0.2, 0) is 11.2 Å². The zero-order valence-electron chi connectivity index (χ0n) is 17.3. The summed E-state index contributed by atoms with van der Waals surface area (Å²) in [5, 5.41) is 18.8. The number of nitrogens with zero attached hydrogens (tertiary/aromatic N) is 1. The quantitative estimate of drug-likeness (QED) is 0.481. The highest BCUT2D eigenvalue weighted by Gasteiger charge is 2.27. The highest BCUT2D eigenvalue weighted by molar-refractivity contribution is 5.95. The molecule has 2 aromatic carbocycles. The van der Waals surface area contributed by atoms with Crippen molar-refractivity contribution in [3.63, 3.8) is 0 Å². The minimum Gasteiger partial charge on any atom is -0.497 e. The second kappa shape index (κ2) is 9.53. The third-order valence-electron chi connectivity index (χ3n) is 5.18. The summed E-state index contributed by atoms with van der Waals surface area (Å²) in [6.45, 7) is 0.679. The van der Waals surface area contributed by atoms with E-state index in [1.54, 1.807) is 19.5 Å². The van der Waals surface area contributed by atoms with Crippen LogP contribution in [0.3, 0.4) is 0 Å². The van der Waals surface area contributed by atoms with Crippen molar-refractivity contribution in [1.82, 2.24) is 10.2 Å². The van der Waals surface area contributed by atoms with Gasteiger partial charge in [0.15, 0.2) is 0 Å². The number of hydrogen-bond acceptors (Lipinski definition) is 6. The number of benzene rings is 2. The monoisotopic (exact) mass is 423 g/mol. The van der Waals surface area contributed by atoms with Gasteiger partial charge in [0, 0.05) is 24.8 Å². The number of rotatable bonds is 8. The van der Waals surface area contributed by atoms with Crippen LogP contribution in [0.1, 0.15) is 12.0 Å². The maximum Gasteiger partial charge on any atom is 0.231 e. The number of carbonyl (C=O) groups excluding carboxylic acids is 1. The molecule has 8 heteroatoms. The average molecular weight is 423 g/mol. The van der Waals surface area contributed by atoms with E-state index in [0.29, 0.717) is 37.5 Å². The van der Waals surface area contributed by atoms with E-state index in [9.17, 15) is 4.79 Å². The maximum atomic E-state index is 13.0. The SMILES string of the molecule is COc1ccc2c(c1)C[C@@H](C(=O)Nc1ccc(-c3cn[nH]c3)cc1OCCCO)CO2. The molecule has 0 aliphatic carbocycles. The minimum absolute atomic E-state index is 0.0331. The number of aliphatic hydroxyl groups is 1. The zero-order chi connectivity index (χ0) is 21.6. The highest BCUT2D eigenvalue weighted by Crippen LogP contribution is 2.34. The van der Waals surface area contributed by atoms with Crippen molar-refractivity contribution in [2.75, 3.05) is 32.2 Å². The summed E-state index contributed by atoms with van der Waals surface area (Å²) in [6.07, 6.45) is 4.57. The smallest absolute Gasteiger partial charge is 0.231 e. The van der Waals surface area contributed by atoms with Crippen LogP contribution in [0, 0.1) is 5.92 Å². The first kappa shape index (κ1) is 20.7. The number of H-pyrrole nitrogens is 1. The van der Waals surface area contributed by atoms with Crippen LogP contribution in [0.25, 0.3) is 11.1 Å². The lowest BCUT2D eigenvalue weighted by molar-refractivity contribution is -0.121. The number of aromatic amines is 1. The molecule has 0 spiro atoms. The summed E-state index contributed by atoms with van der Waals surface area (Å²) in [4.78, 5) is 13.0. The number of carbonyl (C=O) groups is 1. The molecule has 8 nitrogen and oxygen atoms in total. The molecule has 0 bridgehead atoms. The molecule has 0 saturated heterocycles. The number of anilines is 1. The molecule has 1 aliphatic rings. The van der Waals surface area contributed by atoms with Gasteiger partial charge in [-0.05, 0) is 47.9 Å². The van der Waals surface area contributed by atoms with Gasteiger partial charge in [-0.1, -0.05) is 6.07 Å². The standard InChI is InChI=1S/C23H25N3O5/c1-29-19-4-6-21-16(10-19)9-17(14-31-21)23(28)26-20-5-3-15(18-12-24-25-13-18)11-22(20)30-8-2-7-27/h3-6,10-13,17,27H,2,7-9,14H2,1H3,(H,24,25)(H,26,28)/t17-/m1/s1. The van der Waals surface area contributed by atoms with Crippen molar-refractivity contribution in [3.05, 3.63) is 54.4 Å². The Kier molecular flexibility index (Phi) is 6.37. The van der Waals surface area contributed by atoms with Gasteiger partial charge in [0.2, 0.25) is 5.91 Å². The van der Waals surface area contributed by atoms with Gasteiger partial charge in [-0.3, -0.25) is 9.89 Å². The van der Waals surface area contributed by atoms with Crippen LogP contribution in [0.15, 0.2) is 48.8 Å². The van der Waals surface area contributed by atoms with E-state index in [-0.39, 0.29) is 18.4 Å². The largest absolute Gasteiger partial charge is 0.497 e. The van der Waals surface area contributed by atoms with Gasteiger partial charge in [-0.2, -0.15) is 5.10 Å². The summed E-state index contributed by atoms with van der Waals surface area (Å²) in [5.74, 6) is 1.58. The molecule has 1 amide bonds. The fraction of sp³-hybridized carbons (Fsp3) is 0.304. The molecule has 0 saturated carbocycles. The second-order valence-electron chi connectivity index (χ2n) is 7.30. The van der Waals surface area contributed by atoms with E-state index in [1.807, 2.05) is 36.4 Å². The van der Waals surface area contributed by atoms with E-state index in [4.69, 9.17) is 19.3 Å². The summed E-state index contributed by atoms with van der Waals surface area (Å²) in [5.41, 5.74) is 3.34. The molecular weight excluding hydrogens is 398 g/mol. The molecule has 1 aliphatic heterocycles. The molecule has 1 atom stereocenters. The molecular formula is C23H25N3O5. The van der Waals surface area contributed by atoms with Crippen LogP contribution in [0.5, 0.6) is 17.2 Å². The summed E-state index contributed by atoms with van der Waals surface area (Å²) >= 11 is 0. The Balaban J connectivity index is 1.51. The fourth-order valence-electron chi connectivity index (χ4n) is 3.48. The molecule has 4 rings (SSSR count). The van der Waals surface area contributed by atoms with Gasteiger partial charge in [-0.25, -0.2) is 0 Å². The van der Waals surface area contributed by atoms with Crippen molar-refractivity contribution < 1.29 is 24.1 Å². The van der Waals surface area contributed by atoms with Crippen LogP contribution in [0.2, 0.25) is 0 Å². The molecule has 2 heterocycles. The fourth-order valence-corrected chi connectivity index (χ4v) is 3.48. The van der Waals surface area contributed by atoms with Crippen molar-refractivity contribution in [2.45, 2.75) is 12.8 Å². The number of hydrogen-bond donors (Lipinski definition) is 3.